The van der Waals surface area contributed by atoms with Crippen LogP contribution in [0, 0.1) is 5.92 Å². The van der Waals surface area contributed by atoms with Crippen molar-refractivity contribution < 1.29 is 48.6 Å². The summed E-state index contributed by atoms with van der Waals surface area (Å²) in [5, 5.41) is 35.3. The molecule has 0 saturated carbocycles. The number of hydrogen-bond donors (Lipinski definition) is 14. The number of nitrogens with one attached hydrogen (secondary N) is 9. The van der Waals surface area contributed by atoms with E-state index in [0.717, 1.165) is 10.9 Å². The molecule has 3 heterocycles. The van der Waals surface area contributed by atoms with Crippen LogP contribution in [0.15, 0.2) is 55.5 Å². The van der Waals surface area contributed by atoms with E-state index in [1.165, 1.54) is 25.0 Å². The number of nitrogens with two attached hydrogens (primary N) is 2. The molecule has 15 N–H and O–H groups in total. The molecule has 7 atom stereocenters. The number of hydrogen-bond acceptors (Lipinski definition) is 13. The summed E-state index contributed by atoms with van der Waals surface area (Å²) in [6.07, 6.45) is 7.09. The Balaban J connectivity index is 1.53. The van der Waals surface area contributed by atoms with Crippen LogP contribution < -0.4 is 43.4 Å². The van der Waals surface area contributed by atoms with Crippen molar-refractivity contribution in [2.45, 2.75) is 101 Å². The average Bonchev–Trinajstić information content (AvgIpc) is 4.07. The number of unbranched alkanes of at least 4 members (excludes halogenated alkanes) is 1. The van der Waals surface area contributed by atoms with E-state index < -0.39 is 102 Å². The summed E-state index contributed by atoms with van der Waals surface area (Å²) in [7, 11) is 0. The number of thiol groups is 1. The summed E-state index contributed by atoms with van der Waals surface area (Å²) < 4.78 is 0. The monoisotopic (exact) mass is 923 g/mol. The van der Waals surface area contributed by atoms with Gasteiger partial charge in [-0.15, -0.1) is 0 Å². The van der Waals surface area contributed by atoms with Crippen LogP contribution in [-0.4, -0.2) is 137 Å². The van der Waals surface area contributed by atoms with Crippen LogP contribution in [0.2, 0.25) is 0 Å². The van der Waals surface area contributed by atoms with Crippen LogP contribution in [0.1, 0.15) is 56.5 Å². The Morgan fingerprint density at radius 1 is 0.677 bits per heavy atom. The van der Waals surface area contributed by atoms with Gasteiger partial charge in [0.25, 0.3) is 0 Å². The lowest BCUT2D eigenvalue weighted by molar-refractivity contribution is -0.143. The van der Waals surface area contributed by atoms with E-state index in [9.17, 15) is 48.6 Å². The lowest BCUT2D eigenvalue weighted by Gasteiger charge is -2.27. The Bertz CT molecular complexity index is 2230. The molecule has 4 aromatic rings. The van der Waals surface area contributed by atoms with Gasteiger partial charge in [-0.05, 0) is 43.4 Å². The van der Waals surface area contributed by atoms with E-state index >= 15 is 0 Å². The van der Waals surface area contributed by atoms with Gasteiger partial charge in [0.1, 0.15) is 36.3 Å². The van der Waals surface area contributed by atoms with Crippen LogP contribution in [0.4, 0.5) is 0 Å². The number of aromatic amines is 3. The summed E-state index contributed by atoms with van der Waals surface area (Å²) in [5.41, 5.74) is 14.0. The number of carboxylic acids is 2. The van der Waals surface area contributed by atoms with Crippen molar-refractivity contribution in [2.24, 2.45) is 17.4 Å². The maximum atomic E-state index is 14.2. The Kier molecular flexibility index (Phi) is 19.5. The van der Waals surface area contributed by atoms with Crippen molar-refractivity contribution in [3.63, 3.8) is 0 Å². The van der Waals surface area contributed by atoms with Crippen LogP contribution in [-0.2, 0) is 57.6 Å². The molecule has 0 aliphatic carbocycles. The highest BCUT2D eigenvalue weighted by molar-refractivity contribution is 7.80. The summed E-state index contributed by atoms with van der Waals surface area (Å²) in [5.74, 6) is -8.96. The van der Waals surface area contributed by atoms with E-state index in [2.05, 4.69) is 69.4 Å². The predicted molar refractivity (Wildman–Crippen MR) is 238 cm³/mol. The molecule has 4 rings (SSSR count). The first-order chi connectivity index (χ1) is 31.0. The quantitative estimate of drug-likeness (QED) is 0.0231. The molecule has 0 fully saturated rings. The zero-order valence-electron chi connectivity index (χ0n) is 35.8. The van der Waals surface area contributed by atoms with E-state index in [1.807, 2.05) is 18.2 Å². The predicted octanol–water partition coefficient (Wildman–Crippen LogP) is -1.85. The minimum Gasteiger partial charge on any atom is -0.481 e. The smallest absolute Gasteiger partial charge is 0.326 e. The first kappa shape index (κ1) is 50.9. The fraction of sp³-hybridized carbons (Fsp3) is 0.463. The Morgan fingerprint density at radius 2 is 1.22 bits per heavy atom. The van der Waals surface area contributed by atoms with E-state index in [-0.39, 0.29) is 38.0 Å². The number of H-pyrrole nitrogens is 3. The molecule has 0 spiro atoms. The number of carbonyl (C=O) groups is 8. The van der Waals surface area contributed by atoms with Crippen LogP contribution >= 0.6 is 12.6 Å². The second-order valence-electron chi connectivity index (χ2n) is 15.7. The van der Waals surface area contributed by atoms with Gasteiger partial charge < -0.3 is 68.5 Å². The van der Waals surface area contributed by atoms with E-state index in [4.69, 9.17) is 11.5 Å². The molecule has 0 unspecified atom stereocenters. The van der Waals surface area contributed by atoms with Crippen molar-refractivity contribution in [3.8, 4) is 0 Å². The van der Waals surface area contributed by atoms with Gasteiger partial charge in [0.05, 0.1) is 25.1 Å². The molecule has 23 nitrogen and oxygen atoms in total. The van der Waals surface area contributed by atoms with Crippen molar-refractivity contribution in [1.82, 2.24) is 56.8 Å². The Labute approximate surface area is 378 Å². The molecular formula is C41H57N13O10S. The molecule has 0 aliphatic rings. The Hall–Kier alpha value is -6.79. The minimum absolute atomic E-state index is 0.0661. The van der Waals surface area contributed by atoms with Crippen molar-refractivity contribution in [1.29, 1.82) is 0 Å². The standard InChI is InChI=1S/C41H57N13O10S/c1-21(2)34(41(63)64)54-39(61)29(11-22-15-46-27-8-4-3-7-25(22)27)50-37(59)30(13-24-17-45-20-48-24)51-40(62)32(18-65)53-38(60)31(14-33(55)56)52-36(58)28(9-5-6-10-42)49-35(57)26(43)12-23-16-44-19-47-23/h3-4,7-8,15-17,19-21,26,28-32,34,46,65H,5-6,9-14,18,42-43H2,1-2H3,(H,44,47)(H,45,48)(H,49,57)(H,50,59)(H,51,62)(H,52,58)(H,53,60)(H,54,61)(H,55,56)(H,63,64)/t26-,28-,29-,30-,31-,32-,34-/m0/s1. The number of imidazole rings is 2. The van der Waals surface area contributed by atoms with Crippen LogP contribution in [0.5, 0.6) is 0 Å². The Morgan fingerprint density at radius 3 is 1.80 bits per heavy atom. The number of fused-ring (bicyclic) bond motifs is 1. The molecule has 6 amide bonds. The minimum atomic E-state index is -1.75. The number of aliphatic carboxylic acids is 2. The van der Waals surface area contributed by atoms with Gasteiger partial charge in [-0.3, -0.25) is 33.6 Å². The fourth-order valence-corrected chi connectivity index (χ4v) is 7.01. The zero-order valence-corrected chi connectivity index (χ0v) is 36.7. The van der Waals surface area contributed by atoms with Gasteiger partial charge in [0.15, 0.2) is 0 Å². The summed E-state index contributed by atoms with van der Waals surface area (Å²) >= 11 is 4.22. The largest absolute Gasteiger partial charge is 0.481 e. The maximum absolute atomic E-state index is 14.2. The number of benzene rings is 1. The topological polar surface area (TPSA) is 374 Å². The highest BCUT2D eigenvalue weighted by atomic mass is 32.1. The molecule has 0 saturated heterocycles. The van der Waals surface area contributed by atoms with Crippen molar-refractivity contribution >= 4 is 70.9 Å². The first-order valence-corrected chi connectivity index (χ1v) is 21.5. The molecule has 0 aliphatic heterocycles. The molecule has 0 radical (unpaired) electrons. The number of rotatable bonds is 27. The molecule has 65 heavy (non-hydrogen) atoms. The average molecular weight is 924 g/mol. The molecule has 3 aromatic heterocycles. The van der Waals surface area contributed by atoms with Gasteiger partial charge in [-0.25, -0.2) is 14.8 Å². The number of carboxylic acid groups (broad SMARTS) is 2. The SMILES string of the molecule is CC(C)[C@H](NC(=O)[C@H](Cc1c[nH]c2ccccc12)NC(=O)[C@H](Cc1cnc[nH]1)NC(=O)[C@H](CS)NC(=O)[C@H](CC(=O)O)NC(=O)[C@H](CCCCN)NC(=O)[C@@H](N)Cc1cnc[nH]1)C(=O)O. The fourth-order valence-electron chi connectivity index (χ4n) is 6.76. The number of amides is 6. The van der Waals surface area contributed by atoms with E-state index in [1.54, 1.807) is 26.1 Å². The third kappa shape index (κ3) is 15.5. The molecule has 352 valence electrons. The second kappa shape index (κ2) is 24.9. The third-order valence-corrected chi connectivity index (χ3v) is 10.7. The van der Waals surface area contributed by atoms with Gasteiger partial charge >= 0.3 is 11.9 Å². The number of nitrogens with zero attached hydrogens (tertiary/aromatic N) is 2. The molecular weight excluding hydrogens is 867 g/mol. The number of carbonyl (C=O) groups excluding carboxylic acids is 6. The highest BCUT2D eigenvalue weighted by Gasteiger charge is 2.35. The van der Waals surface area contributed by atoms with Crippen LogP contribution in [0.3, 0.4) is 0 Å². The second-order valence-corrected chi connectivity index (χ2v) is 16.0. The number of para-hydroxylation sites is 1. The maximum Gasteiger partial charge on any atom is 0.326 e. The molecule has 0 bridgehead atoms. The number of aromatic nitrogens is 5. The van der Waals surface area contributed by atoms with E-state index in [0.29, 0.717) is 29.8 Å². The van der Waals surface area contributed by atoms with Gasteiger partial charge in [0.2, 0.25) is 35.4 Å². The van der Waals surface area contributed by atoms with Gasteiger partial charge in [0, 0.05) is 65.9 Å². The van der Waals surface area contributed by atoms with Gasteiger partial charge in [-0.2, -0.15) is 12.6 Å². The van der Waals surface area contributed by atoms with Gasteiger partial charge in [-0.1, -0.05) is 32.0 Å². The lowest BCUT2D eigenvalue weighted by atomic mass is 10.0. The molecule has 24 heteroatoms. The summed E-state index contributed by atoms with van der Waals surface area (Å²) in [6.45, 7) is 3.51. The van der Waals surface area contributed by atoms with Crippen molar-refractivity contribution in [3.05, 3.63) is 72.5 Å². The lowest BCUT2D eigenvalue weighted by Crippen LogP contribution is -2.61. The molecule has 1 aromatic carbocycles. The zero-order chi connectivity index (χ0) is 47.6. The third-order valence-electron chi connectivity index (χ3n) is 10.3. The van der Waals surface area contributed by atoms with Crippen LogP contribution in [0.25, 0.3) is 10.9 Å². The first-order valence-electron chi connectivity index (χ1n) is 20.8. The van der Waals surface area contributed by atoms with Crippen molar-refractivity contribution in [2.75, 3.05) is 12.3 Å². The summed E-state index contributed by atoms with van der Waals surface area (Å²) in [6, 6.07) is -2.45. The highest BCUT2D eigenvalue weighted by Crippen LogP contribution is 2.20. The normalized spacial score (nSPS) is 14.5. The summed E-state index contributed by atoms with van der Waals surface area (Å²) in [4.78, 5) is 123.